The molecule has 0 saturated carbocycles. The molecule has 2 unspecified atom stereocenters. The molecule has 3 rings (SSSR count). The molecule has 1 aromatic carbocycles. The summed E-state index contributed by atoms with van der Waals surface area (Å²) in [6, 6.07) is 9.20. The average molecular weight is 285 g/mol. The summed E-state index contributed by atoms with van der Waals surface area (Å²) in [6.07, 6.45) is 0. The highest BCUT2D eigenvalue weighted by Gasteiger charge is 2.28. The zero-order valence-corrected chi connectivity index (χ0v) is 12.2. The summed E-state index contributed by atoms with van der Waals surface area (Å²) in [4.78, 5) is 29.3. The van der Waals surface area contributed by atoms with E-state index in [1.54, 1.807) is 0 Å². The molecule has 2 N–H and O–H groups in total. The fraction of sp³-hybridized carbons (Fsp3) is 0.375. The molecule has 0 spiro atoms. The molecule has 0 aliphatic carbocycles. The van der Waals surface area contributed by atoms with Crippen LogP contribution in [0.3, 0.4) is 0 Å². The zero-order valence-electron chi connectivity index (χ0n) is 12.2. The smallest absolute Gasteiger partial charge is 0.255 e. The molecule has 1 amide bonds. The van der Waals surface area contributed by atoms with Crippen LogP contribution in [0.15, 0.2) is 35.1 Å². The van der Waals surface area contributed by atoms with E-state index < -0.39 is 0 Å². The van der Waals surface area contributed by atoms with Gasteiger partial charge in [-0.2, -0.15) is 0 Å². The van der Waals surface area contributed by atoms with Gasteiger partial charge in [0.05, 0.1) is 5.56 Å². The molecule has 1 aromatic heterocycles. The number of hydrogen-bond acceptors (Lipinski definition) is 3. The van der Waals surface area contributed by atoms with E-state index >= 15 is 0 Å². The van der Waals surface area contributed by atoms with Crippen molar-refractivity contribution in [2.45, 2.75) is 25.9 Å². The second-order valence-electron chi connectivity index (χ2n) is 5.71. The Balaban J connectivity index is 2.07. The second-order valence-corrected chi connectivity index (χ2v) is 5.71. The number of pyridine rings is 1. The van der Waals surface area contributed by atoms with Crippen molar-refractivity contribution in [2.24, 2.45) is 0 Å². The molecule has 1 fully saturated rings. The normalized spacial score (nSPS) is 22.5. The van der Waals surface area contributed by atoms with Gasteiger partial charge in [0, 0.05) is 42.1 Å². The van der Waals surface area contributed by atoms with Crippen molar-refractivity contribution in [2.75, 3.05) is 13.1 Å². The number of para-hydroxylation sites is 1. The molecule has 5 heteroatoms. The molecule has 0 bridgehead atoms. The number of rotatable bonds is 1. The van der Waals surface area contributed by atoms with Gasteiger partial charge in [-0.05, 0) is 19.9 Å². The molecule has 1 saturated heterocycles. The number of carbonyl (C=O) groups excluding carboxylic acids is 1. The number of benzene rings is 1. The first-order valence-corrected chi connectivity index (χ1v) is 7.22. The van der Waals surface area contributed by atoms with E-state index in [4.69, 9.17) is 0 Å². The van der Waals surface area contributed by atoms with Crippen molar-refractivity contribution < 1.29 is 4.79 Å². The minimum atomic E-state index is -0.243. The number of fused-ring (bicyclic) bond motifs is 1. The van der Waals surface area contributed by atoms with Crippen molar-refractivity contribution in [3.05, 3.63) is 46.2 Å². The summed E-state index contributed by atoms with van der Waals surface area (Å²) in [7, 11) is 0. The first kappa shape index (κ1) is 13.8. The van der Waals surface area contributed by atoms with Crippen LogP contribution in [0.25, 0.3) is 10.9 Å². The number of H-pyrrole nitrogens is 1. The molecule has 110 valence electrons. The highest BCUT2D eigenvalue weighted by molar-refractivity contribution is 6.06. The van der Waals surface area contributed by atoms with Gasteiger partial charge in [-0.15, -0.1) is 0 Å². The van der Waals surface area contributed by atoms with Gasteiger partial charge in [-0.3, -0.25) is 9.59 Å². The molecule has 1 aliphatic rings. The Morgan fingerprint density at radius 3 is 2.86 bits per heavy atom. The van der Waals surface area contributed by atoms with E-state index in [0.29, 0.717) is 17.6 Å². The van der Waals surface area contributed by atoms with Crippen LogP contribution in [0.2, 0.25) is 0 Å². The first-order valence-electron chi connectivity index (χ1n) is 7.22. The van der Waals surface area contributed by atoms with Gasteiger partial charge in [-0.25, -0.2) is 0 Å². The fourth-order valence-corrected chi connectivity index (χ4v) is 2.84. The number of hydrogen-bond donors (Lipinski definition) is 2. The number of aromatic nitrogens is 1. The van der Waals surface area contributed by atoms with Crippen LogP contribution >= 0.6 is 0 Å². The third-order valence-corrected chi connectivity index (χ3v) is 4.01. The maximum atomic E-state index is 12.9. The van der Waals surface area contributed by atoms with E-state index in [2.05, 4.69) is 17.2 Å². The first-order chi connectivity index (χ1) is 10.1. The van der Waals surface area contributed by atoms with Crippen LogP contribution in [0.1, 0.15) is 24.2 Å². The fourth-order valence-electron chi connectivity index (χ4n) is 2.84. The van der Waals surface area contributed by atoms with E-state index in [1.165, 1.54) is 6.07 Å². The van der Waals surface area contributed by atoms with Crippen LogP contribution in [0, 0.1) is 0 Å². The number of amides is 1. The lowest BCUT2D eigenvalue weighted by atomic mass is 10.0. The largest absolute Gasteiger partial charge is 0.333 e. The number of nitrogens with zero attached hydrogens (tertiary/aromatic N) is 1. The monoisotopic (exact) mass is 285 g/mol. The maximum absolute atomic E-state index is 12.9. The van der Waals surface area contributed by atoms with E-state index in [-0.39, 0.29) is 23.6 Å². The molecule has 21 heavy (non-hydrogen) atoms. The van der Waals surface area contributed by atoms with Gasteiger partial charge >= 0.3 is 0 Å². The predicted molar refractivity (Wildman–Crippen MR) is 82.5 cm³/mol. The molecule has 2 aromatic rings. The maximum Gasteiger partial charge on any atom is 0.255 e. The highest BCUT2D eigenvalue weighted by atomic mass is 16.2. The summed E-state index contributed by atoms with van der Waals surface area (Å²) in [5.74, 6) is -0.0712. The summed E-state index contributed by atoms with van der Waals surface area (Å²) >= 11 is 0. The summed E-state index contributed by atoms with van der Waals surface area (Å²) < 4.78 is 0. The Labute approximate surface area is 123 Å². The predicted octanol–water partition coefficient (Wildman–Crippen LogP) is 1.35. The van der Waals surface area contributed by atoms with Gasteiger partial charge in [0.1, 0.15) is 0 Å². The number of nitrogens with one attached hydrogen (secondary N) is 2. The van der Waals surface area contributed by atoms with Crippen molar-refractivity contribution in [3.8, 4) is 0 Å². The standard InChI is InChI=1S/C16H19N3O2/c1-10-9-19(11(2)8-17-10)16(21)13-7-15(20)18-14-6-4-3-5-12(13)14/h3-7,10-11,17H,8-9H2,1-2H3,(H,18,20). The van der Waals surface area contributed by atoms with Crippen LogP contribution in [0.5, 0.6) is 0 Å². The van der Waals surface area contributed by atoms with Crippen molar-refractivity contribution >= 4 is 16.8 Å². The number of piperazine rings is 1. The van der Waals surface area contributed by atoms with E-state index in [9.17, 15) is 9.59 Å². The van der Waals surface area contributed by atoms with Crippen LogP contribution in [-0.2, 0) is 0 Å². The van der Waals surface area contributed by atoms with Crippen molar-refractivity contribution in [1.29, 1.82) is 0 Å². The SMILES string of the molecule is CC1CN(C(=O)c2cc(=O)[nH]c3ccccc23)C(C)CN1. The Hall–Kier alpha value is -2.14. The summed E-state index contributed by atoms with van der Waals surface area (Å²) in [5, 5.41) is 4.15. The van der Waals surface area contributed by atoms with Gasteiger partial charge in [-0.1, -0.05) is 18.2 Å². The van der Waals surface area contributed by atoms with Gasteiger partial charge in [0.15, 0.2) is 0 Å². The Bertz CT molecular complexity index is 738. The average Bonchev–Trinajstić information content (AvgIpc) is 2.48. The third-order valence-electron chi connectivity index (χ3n) is 4.01. The zero-order chi connectivity index (χ0) is 15.0. The van der Waals surface area contributed by atoms with Crippen LogP contribution in [-0.4, -0.2) is 41.0 Å². The van der Waals surface area contributed by atoms with Gasteiger partial charge in [0.25, 0.3) is 5.91 Å². The Morgan fingerprint density at radius 1 is 1.29 bits per heavy atom. The molecule has 2 heterocycles. The lowest BCUT2D eigenvalue weighted by Crippen LogP contribution is -2.56. The number of carbonyl (C=O) groups is 1. The van der Waals surface area contributed by atoms with Gasteiger partial charge < -0.3 is 15.2 Å². The highest BCUT2D eigenvalue weighted by Crippen LogP contribution is 2.19. The molecule has 0 radical (unpaired) electrons. The summed E-state index contributed by atoms with van der Waals surface area (Å²) in [5.41, 5.74) is 0.937. The van der Waals surface area contributed by atoms with Crippen LogP contribution < -0.4 is 10.9 Å². The lowest BCUT2D eigenvalue weighted by Gasteiger charge is -2.37. The Kier molecular flexibility index (Phi) is 3.51. The van der Waals surface area contributed by atoms with Crippen LogP contribution in [0.4, 0.5) is 0 Å². The Morgan fingerprint density at radius 2 is 2.05 bits per heavy atom. The lowest BCUT2D eigenvalue weighted by molar-refractivity contribution is 0.0618. The summed E-state index contributed by atoms with van der Waals surface area (Å²) in [6.45, 7) is 5.50. The molecule has 5 nitrogen and oxygen atoms in total. The van der Waals surface area contributed by atoms with E-state index in [1.807, 2.05) is 36.1 Å². The van der Waals surface area contributed by atoms with Gasteiger partial charge in [0.2, 0.25) is 5.56 Å². The molecule has 1 aliphatic heterocycles. The quantitative estimate of drug-likeness (QED) is 0.831. The minimum absolute atomic E-state index is 0.0712. The molecular weight excluding hydrogens is 266 g/mol. The van der Waals surface area contributed by atoms with Crippen molar-refractivity contribution in [3.63, 3.8) is 0 Å². The second kappa shape index (κ2) is 5.33. The van der Waals surface area contributed by atoms with Crippen molar-refractivity contribution in [1.82, 2.24) is 15.2 Å². The molecular formula is C16H19N3O2. The molecule has 2 atom stereocenters. The minimum Gasteiger partial charge on any atom is -0.333 e. The topological polar surface area (TPSA) is 65.2 Å². The number of aromatic amines is 1. The third kappa shape index (κ3) is 2.56. The van der Waals surface area contributed by atoms with E-state index in [0.717, 1.165) is 11.9 Å².